The van der Waals surface area contributed by atoms with Gasteiger partial charge in [0.2, 0.25) is 0 Å². The molecule has 1 fully saturated rings. The molecule has 1 heterocycles. The number of benzene rings is 1. The van der Waals surface area contributed by atoms with Crippen LogP contribution in [0.2, 0.25) is 0 Å². The predicted octanol–water partition coefficient (Wildman–Crippen LogP) is 2.18. The Kier molecular flexibility index (Phi) is 1.67. The highest BCUT2D eigenvalue weighted by Crippen LogP contribution is 2.49. The molecule has 0 bridgehead atoms. The zero-order chi connectivity index (χ0) is 10.5. The summed E-state index contributed by atoms with van der Waals surface area (Å²) in [7, 11) is 0. The molecular weight excluding hydrogens is 188 g/mol. The minimum atomic E-state index is 0.337. The first-order chi connectivity index (χ1) is 7.25. The van der Waals surface area contributed by atoms with Crippen LogP contribution in [0.15, 0.2) is 18.2 Å². The number of rotatable bonds is 1. The summed E-state index contributed by atoms with van der Waals surface area (Å²) in [5.74, 6) is 0.337. The Bertz CT molecular complexity index is 399. The van der Waals surface area contributed by atoms with Crippen LogP contribution in [-0.2, 0) is 0 Å². The van der Waals surface area contributed by atoms with Gasteiger partial charge < -0.3 is 15.3 Å². The first-order valence-electron chi connectivity index (χ1n) is 5.60. The molecule has 2 N–H and O–H groups in total. The number of phenolic OH excluding ortho intramolecular Hbond substituents is 1. The lowest BCUT2D eigenvalue weighted by Crippen LogP contribution is -2.46. The molecule has 1 aromatic rings. The Balaban J connectivity index is 2.06. The summed E-state index contributed by atoms with van der Waals surface area (Å²) in [4.78, 5) is 2.47. The first-order valence-corrected chi connectivity index (χ1v) is 5.60. The molecule has 3 heteroatoms. The third kappa shape index (κ3) is 1.19. The molecule has 0 aromatic heterocycles. The average Bonchev–Trinajstić information content (AvgIpc) is 2.99. The van der Waals surface area contributed by atoms with Crippen molar-refractivity contribution >= 4 is 11.4 Å². The van der Waals surface area contributed by atoms with Crippen molar-refractivity contribution in [2.75, 3.05) is 23.3 Å². The van der Waals surface area contributed by atoms with E-state index in [1.165, 1.54) is 18.5 Å². The van der Waals surface area contributed by atoms with Gasteiger partial charge in [-0.1, -0.05) is 0 Å². The Hall–Kier alpha value is -1.38. The van der Waals surface area contributed by atoms with E-state index >= 15 is 0 Å². The van der Waals surface area contributed by atoms with Crippen LogP contribution in [0.25, 0.3) is 0 Å². The van der Waals surface area contributed by atoms with Gasteiger partial charge in [-0.25, -0.2) is 0 Å². The van der Waals surface area contributed by atoms with Gasteiger partial charge in [0.1, 0.15) is 5.75 Å². The summed E-state index contributed by atoms with van der Waals surface area (Å²) in [5, 5.41) is 12.9. The molecule has 1 aliphatic carbocycles. The van der Waals surface area contributed by atoms with E-state index in [4.69, 9.17) is 0 Å². The molecule has 3 rings (SSSR count). The molecule has 0 amide bonds. The van der Waals surface area contributed by atoms with E-state index < -0.39 is 0 Å². The molecule has 3 nitrogen and oxygen atoms in total. The van der Waals surface area contributed by atoms with Crippen molar-refractivity contribution in [2.45, 2.75) is 25.3 Å². The Morgan fingerprint density at radius 1 is 1.47 bits per heavy atom. The zero-order valence-corrected chi connectivity index (χ0v) is 8.95. The molecule has 0 unspecified atom stereocenters. The minimum absolute atomic E-state index is 0.337. The maximum Gasteiger partial charge on any atom is 0.117 e. The second-order valence-electron chi connectivity index (χ2n) is 4.52. The molecule has 0 saturated heterocycles. The van der Waals surface area contributed by atoms with Crippen molar-refractivity contribution in [3.8, 4) is 5.75 Å². The SMILES string of the molecule is CCN1c2ccc(O)cc2NCC12CC2. The molecule has 2 aliphatic rings. The normalized spacial score (nSPS) is 21.0. The number of aromatic hydroxyl groups is 1. The number of phenols is 1. The third-order valence-electron chi connectivity index (χ3n) is 3.59. The first kappa shape index (κ1) is 8.89. The van der Waals surface area contributed by atoms with Crippen LogP contribution in [0.3, 0.4) is 0 Å². The van der Waals surface area contributed by atoms with Crippen LogP contribution in [0.4, 0.5) is 11.4 Å². The fraction of sp³-hybridized carbons (Fsp3) is 0.500. The molecule has 1 saturated carbocycles. The van der Waals surface area contributed by atoms with Crippen LogP contribution in [0, 0.1) is 0 Å². The van der Waals surface area contributed by atoms with Gasteiger partial charge in [0, 0.05) is 19.2 Å². The van der Waals surface area contributed by atoms with Crippen molar-refractivity contribution in [3.05, 3.63) is 18.2 Å². The largest absolute Gasteiger partial charge is 0.508 e. The van der Waals surface area contributed by atoms with Crippen LogP contribution in [0.1, 0.15) is 19.8 Å². The highest BCUT2D eigenvalue weighted by molar-refractivity contribution is 5.76. The smallest absolute Gasteiger partial charge is 0.117 e. The number of hydrogen-bond acceptors (Lipinski definition) is 3. The van der Waals surface area contributed by atoms with Gasteiger partial charge in [-0.15, -0.1) is 0 Å². The number of nitrogens with one attached hydrogen (secondary N) is 1. The molecule has 0 radical (unpaired) electrons. The monoisotopic (exact) mass is 204 g/mol. The van der Waals surface area contributed by atoms with Gasteiger partial charge in [0.05, 0.1) is 16.9 Å². The number of fused-ring (bicyclic) bond motifs is 1. The van der Waals surface area contributed by atoms with Gasteiger partial charge in [-0.05, 0) is 31.9 Å². The van der Waals surface area contributed by atoms with Gasteiger partial charge in [-0.2, -0.15) is 0 Å². The number of likely N-dealkylation sites (N-methyl/N-ethyl adjacent to an activating group) is 1. The van der Waals surface area contributed by atoms with Gasteiger partial charge in [0.25, 0.3) is 0 Å². The molecule has 80 valence electrons. The van der Waals surface area contributed by atoms with Crippen molar-refractivity contribution in [2.24, 2.45) is 0 Å². The van der Waals surface area contributed by atoms with E-state index in [1.54, 1.807) is 6.07 Å². The predicted molar refractivity (Wildman–Crippen MR) is 61.6 cm³/mol. The van der Waals surface area contributed by atoms with Crippen molar-refractivity contribution in [1.82, 2.24) is 0 Å². The Labute approximate surface area is 89.7 Å². The topological polar surface area (TPSA) is 35.5 Å². The average molecular weight is 204 g/mol. The summed E-state index contributed by atoms with van der Waals surface area (Å²) in [5.41, 5.74) is 2.67. The summed E-state index contributed by atoms with van der Waals surface area (Å²) in [6.45, 7) is 4.25. The lowest BCUT2D eigenvalue weighted by atomic mass is 10.1. The second-order valence-corrected chi connectivity index (χ2v) is 4.52. The Morgan fingerprint density at radius 2 is 2.27 bits per heavy atom. The quantitative estimate of drug-likeness (QED) is 0.736. The lowest BCUT2D eigenvalue weighted by molar-refractivity contribution is 0.475. The molecule has 1 spiro atoms. The summed E-state index contributed by atoms with van der Waals surface area (Å²) >= 11 is 0. The zero-order valence-electron chi connectivity index (χ0n) is 8.95. The highest BCUT2D eigenvalue weighted by atomic mass is 16.3. The van der Waals surface area contributed by atoms with Crippen molar-refractivity contribution in [1.29, 1.82) is 0 Å². The van der Waals surface area contributed by atoms with Crippen LogP contribution < -0.4 is 10.2 Å². The number of anilines is 2. The van der Waals surface area contributed by atoms with E-state index in [2.05, 4.69) is 17.1 Å². The summed E-state index contributed by atoms with van der Waals surface area (Å²) in [6, 6.07) is 5.60. The van der Waals surface area contributed by atoms with Crippen molar-refractivity contribution < 1.29 is 5.11 Å². The van der Waals surface area contributed by atoms with E-state index in [0.717, 1.165) is 18.8 Å². The second kappa shape index (κ2) is 2.81. The lowest BCUT2D eigenvalue weighted by Gasteiger charge is -2.39. The van der Waals surface area contributed by atoms with Crippen LogP contribution in [0.5, 0.6) is 5.75 Å². The summed E-state index contributed by atoms with van der Waals surface area (Å²) in [6.07, 6.45) is 2.57. The van der Waals surface area contributed by atoms with Gasteiger partial charge in [-0.3, -0.25) is 0 Å². The maximum atomic E-state index is 9.43. The Morgan fingerprint density at radius 3 is 2.93 bits per heavy atom. The molecule has 1 aromatic carbocycles. The highest BCUT2D eigenvalue weighted by Gasteiger charge is 2.49. The fourth-order valence-corrected chi connectivity index (χ4v) is 2.61. The van der Waals surface area contributed by atoms with E-state index in [9.17, 15) is 5.11 Å². The van der Waals surface area contributed by atoms with Crippen molar-refractivity contribution in [3.63, 3.8) is 0 Å². The molecule has 15 heavy (non-hydrogen) atoms. The van der Waals surface area contributed by atoms with Crippen LogP contribution in [-0.4, -0.2) is 23.7 Å². The van der Waals surface area contributed by atoms with E-state index in [1.807, 2.05) is 12.1 Å². The molecule has 1 aliphatic heterocycles. The molecule has 0 atom stereocenters. The van der Waals surface area contributed by atoms with E-state index in [-0.39, 0.29) is 0 Å². The van der Waals surface area contributed by atoms with E-state index in [0.29, 0.717) is 11.3 Å². The van der Waals surface area contributed by atoms with Gasteiger partial charge >= 0.3 is 0 Å². The standard InChI is InChI=1S/C12H16N2O/c1-2-14-11-4-3-9(15)7-10(11)13-8-12(14)5-6-12/h3-4,7,13,15H,2,5-6,8H2,1H3. The summed E-state index contributed by atoms with van der Waals surface area (Å²) < 4.78 is 0. The fourth-order valence-electron chi connectivity index (χ4n) is 2.61. The van der Waals surface area contributed by atoms with Crippen LogP contribution >= 0.6 is 0 Å². The minimum Gasteiger partial charge on any atom is -0.508 e. The number of hydrogen-bond donors (Lipinski definition) is 2. The number of nitrogens with zero attached hydrogens (tertiary/aromatic N) is 1. The third-order valence-corrected chi connectivity index (χ3v) is 3.59. The molecular formula is C12H16N2O. The maximum absolute atomic E-state index is 9.43. The van der Waals surface area contributed by atoms with Gasteiger partial charge in [0.15, 0.2) is 0 Å².